The SMILES string of the molecule is Cc1nc(Nc2nc(N3CCC(O)CC3)c3c(n2)N(Cc2ccc(-c4noc(=O)[nH]4)cc2)CCC3)sc1C(=O)O. The number of aromatic carboxylic acids is 1. The fourth-order valence-electron chi connectivity index (χ4n) is 5.13. The molecule has 14 heteroatoms. The molecule has 1 saturated heterocycles. The van der Waals surface area contributed by atoms with Gasteiger partial charge in [-0.15, -0.1) is 0 Å². The summed E-state index contributed by atoms with van der Waals surface area (Å²) in [6, 6.07) is 7.73. The van der Waals surface area contributed by atoms with Crippen LogP contribution in [0.1, 0.15) is 45.8 Å². The zero-order valence-corrected chi connectivity index (χ0v) is 22.6. The molecule has 0 unspecified atom stereocenters. The first-order valence-corrected chi connectivity index (χ1v) is 13.9. The van der Waals surface area contributed by atoms with Crippen LogP contribution >= 0.6 is 11.3 Å². The minimum atomic E-state index is -1.02. The van der Waals surface area contributed by atoms with Crippen LogP contribution in [0.4, 0.5) is 22.7 Å². The number of aryl methyl sites for hydroxylation is 1. The van der Waals surface area contributed by atoms with Gasteiger partial charge >= 0.3 is 11.7 Å². The van der Waals surface area contributed by atoms with Crippen molar-refractivity contribution in [1.29, 1.82) is 0 Å². The molecule has 4 aromatic rings. The number of nitrogens with zero attached hydrogens (tertiary/aromatic N) is 6. The first kappa shape index (κ1) is 26.0. The maximum absolute atomic E-state index is 11.5. The number of anilines is 4. The second-order valence-electron chi connectivity index (χ2n) is 9.92. The van der Waals surface area contributed by atoms with Gasteiger partial charge in [0.15, 0.2) is 11.0 Å². The molecule has 13 nitrogen and oxygen atoms in total. The van der Waals surface area contributed by atoms with E-state index in [0.29, 0.717) is 55.1 Å². The number of nitrogens with one attached hydrogen (secondary N) is 2. The largest absolute Gasteiger partial charge is 0.477 e. The Hall–Kier alpha value is -4.30. The molecule has 0 aliphatic carbocycles. The van der Waals surface area contributed by atoms with Crippen LogP contribution in [0, 0.1) is 6.92 Å². The van der Waals surface area contributed by atoms with Crippen LogP contribution in [0.25, 0.3) is 11.4 Å². The molecule has 0 amide bonds. The number of H-pyrrole nitrogens is 1. The summed E-state index contributed by atoms with van der Waals surface area (Å²) in [5, 5.41) is 26.8. The van der Waals surface area contributed by atoms with E-state index >= 15 is 0 Å². The molecule has 0 saturated carbocycles. The number of rotatable bonds is 7. The minimum absolute atomic E-state index is 0.172. The maximum Gasteiger partial charge on any atom is 0.439 e. The van der Waals surface area contributed by atoms with E-state index in [1.165, 1.54) is 0 Å². The van der Waals surface area contributed by atoms with Crippen molar-refractivity contribution < 1.29 is 19.5 Å². The maximum atomic E-state index is 11.5. The highest BCUT2D eigenvalue weighted by Gasteiger charge is 2.29. The van der Waals surface area contributed by atoms with Crippen molar-refractivity contribution in [2.24, 2.45) is 0 Å². The van der Waals surface area contributed by atoms with E-state index in [1.54, 1.807) is 6.92 Å². The molecular weight excluding hydrogens is 536 g/mol. The Morgan fingerprint density at radius 2 is 1.90 bits per heavy atom. The standard InChI is InChI=1S/C26H28N8O5S/c1-14-19(23(36)37)40-25(27-14)31-24-29-21(33-11-8-17(35)9-12-33)18-3-2-10-34(22(18)30-24)13-15-4-6-16(7-5-15)20-28-26(38)39-32-20/h4-7,17,35H,2-3,8-13H2,1H3,(H,36,37)(H,28,32,38)(H,27,29,30,31). The highest BCUT2D eigenvalue weighted by atomic mass is 32.1. The summed E-state index contributed by atoms with van der Waals surface area (Å²) in [6.45, 7) is 4.46. The molecule has 208 valence electrons. The molecular formula is C26H28N8O5S. The Labute approximate surface area is 232 Å². The fourth-order valence-corrected chi connectivity index (χ4v) is 5.93. The number of aromatic nitrogens is 5. The Morgan fingerprint density at radius 1 is 1.15 bits per heavy atom. The highest BCUT2D eigenvalue weighted by Crippen LogP contribution is 2.36. The highest BCUT2D eigenvalue weighted by molar-refractivity contribution is 7.17. The van der Waals surface area contributed by atoms with Crippen LogP contribution in [-0.4, -0.2) is 67.0 Å². The number of hydrogen-bond donors (Lipinski definition) is 4. The van der Waals surface area contributed by atoms with Crippen LogP contribution in [-0.2, 0) is 13.0 Å². The van der Waals surface area contributed by atoms with Crippen LogP contribution < -0.4 is 20.9 Å². The second-order valence-corrected chi connectivity index (χ2v) is 10.9. The normalized spacial score (nSPS) is 15.8. The molecule has 2 aliphatic rings. The number of carboxylic acids is 1. The lowest BCUT2D eigenvalue weighted by Gasteiger charge is -2.36. The molecule has 0 spiro atoms. The van der Waals surface area contributed by atoms with Gasteiger partial charge in [0.05, 0.1) is 11.8 Å². The summed E-state index contributed by atoms with van der Waals surface area (Å²) < 4.78 is 4.61. The monoisotopic (exact) mass is 564 g/mol. The minimum Gasteiger partial charge on any atom is -0.477 e. The van der Waals surface area contributed by atoms with Crippen LogP contribution in [0.3, 0.4) is 0 Å². The van der Waals surface area contributed by atoms with Gasteiger partial charge in [0, 0.05) is 37.3 Å². The van der Waals surface area contributed by atoms with Crippen molar-refractivity contribution in [1.82, 2.24) is 25.1 Å². The molecule has 6 rings (SSSR count). The van der Waals surface area contributed by atoms with Gasteiger partial charge < -0.3 is 20.0 Å². The first-order valence-electron chi connectivity index (χ1n) is 13.1. The van der Waals surface area contributed by atoms with Crippen LogP contribution in [0.5, 0.6) is 0 Å². The third-order valence-corrected chi connectivity index (χ3v) is 8.19. The van der Waals surface area contributed by atoms with Gasteiger partial charge in [0.2, 0.25) is 5.95 Å². The van der Waals surface area contributed by atoms with Gasteiger partial charge in [-0.05, 0) is 38.2 Å². The lowest BCUT2D eigenvalue weighted by atomic mass is 10.0. The lowest BCUT2D eigenvalue weighted by molar-refractivity contribution is 0.0701. The van der Waals surface area contributed by atoms with Gasteiger partial charge in [-0.1, -0.05) is 40.8 Å². The molecule has 0 radical (unpaired) electrons. The zero-order chi connectivity index (χ0) is 27.8. The van der Waals surface area contributed by atoms with Crippen LogP contribution in [0.15, 0.2) is 33.6 Å². The van der Waals surface area contributed by atoms with E-state index < -0.39 is 11.7 Å². The van der Waals surface area contributed by atoms with Gasteiger partial charge in [0.1, 0.15) is 16.5 Å². The Bertz CT molecular complexity index is 1590. The second kappa shape index (κ2) is 10.7. The number of carboxylic acid groups (broad SMARTS) is 1. The predicted octanol–water partition coefficient (Wildman–Crippen LogP) is 2.94. The van der Waals surface area contributed by atoms with E-state index in [1.807, 2.05) is 24.3 Å². The van der Waals surface area contributed by atoms with E-state index in [4.69, 9.17) is 9.97 Å². The lowest BCUT2D eigenvalue weighted by Crippen LogP contribution is -2.38. The van der Waals surface area contributed by atoms with E-state index in [2.05, 4.69) is 34.8 Å². The first-order chi connectivity index (χ1) is 19.3. The Morgan fingerprint density at radius 3 is 2.58 bits per heavy atom. The van der Waals surface area contributed by atoms with Gasteiger partial charge in [-0.2, -0.15) is 9.97 Å². The average molecular weight is 565 g/mol. The Kier molecular flexibility index (Phi) is 6.94. The number of aliphatic hydroxyl groups is 1. The number of benzene rings is 1. The summed E-state index contributed by atoms with van der Waals surface area (Å²) in [6.07, 6.45) is 2.80. The molecule has 0 atom stereocenters. The smallest absolute Gasteiger partial charge is 0.439 e. The summed E-state index contributed by atoms with van der Waals surface area (Å²) in [7, 11) is 0. The molecule has 2 aliphatic heterocycles. The number of hydrogen-bond acceptors (Lipinski definition) is 12. The third kappa shape index (κ3) is 5.27. The third-order valence-electron chi connectivity index (χ3n) is 7.13. The van der Waals surface area contributed by atoms with E-state index in [-0.39, 0.29) is 11.0 Å². The fraction of sp³-hybridized carbons (Fsp3) is 0.385. The number of thiazole rings is 1. The van der Waals surface area contributed by atoms with Crippen molar-refractivity contribution >= 4 is 40.0 Å². The van der Waals surface area contributed by atoms with Gasteiger partial charge in [0.25, 0.3) is 0 Å². The summed E-state index contributed by atoms with van der Waals surface area (Å²) in [5.41, 5.74) is 3.30. The summed E-state index contributed by atoms with van der Waals surface area (Å²) in [5.74, 6) is 0.766. The summed E-state index contributed by atoms with van der Waals surface area (Å²) >= 11 is 1.05. The molecule has 1 aromatic carbocycles. The number of aliphatic hydroxyl groups excluding tert-OH is 1. The summed E-state index contributed by atoms with van der Waals surface area (Å²) in [4.78, 5) is 44.1. The molecule has 5 heterocycles. The predicted molar refractivity (Wildman–Crippen MR) is 149 cm³/mol. The number of carbonyl (C=O) groups is 1. The molecule has 40 heavy (non-hydrogen) atoms. The number of fused-ring (bicyclic) bond motifs is 1. The van der Waals surface area contributed by atoms with Crippen LogP contribution in [0.2, 0.25) is 0 Å². The van der Waals surface area contributed by atoms with Crippen molar-refractivity contribution in [2.45, 2.75) is 45.3 Å². The van der Waals surface area contributed by atoms with Crippen molar-refractivity contribution in [3.63, 3.8) is 0 Å². The van der Waals surface area contributed by atoms with E-state index in [9.17, 15) is 19.8 Å². The zero-order valence-electron chi connectivity index (χ0n) is 21.8. The molecule has 4 N–H and O–H groups in total. The molecule has 1 fully saturated rings. The van der Waals surface area contributed by atoms with Gasteiger partial charge in [-0.25, -0.2) is 14.6 Å². The van der Waals surface area contributed by atoms with Crippen molar-refractivity contribution in [2.75, 3.05) is 34.8 Å². The van der Waals surface area contributed by atoms with Crippen molar-refractivity contribution in [3.8, 4) is 11.4 Å². The number of aromatic amines is 1. The topological polar surface area (TPSA) is 174 Å². The van der Waals surface area contributed by atoms with Crippen molar-refractivity contribution in [3.05, 3.63) is 56.5 Å². The molecule has 0 bridgehead atoms. The average Bonchev–Trinajstić information content (AvgIpc) is 3.54. The molecule has 3 aromatic heterocycles. The Balaban J connectivity index is 1.32. The van der Waals surface area contributed by atoms with Gasteiger partial charge in [-0.3, -0.25) is 14.8 Å². The quantitative estimate of drug-likeness (QED) is 0.259. The number of piperidine rings is 1. The van der Waals surface area contributed by atoms with E-state index in [0.717, 1.165) is 59.0 Å².